The van der Waals surface area contributed by atoms with Crippen molar-refractivity contribution in [1.82, 2.24) is 5.32 Å². The first-order chi connectivity index (χ1) is 8.76. The molecule has 1 aromatic rings. The van der Waals surface area contributed by atoms with E-state index in [4.69, 9.17) is 5.11 Å². The summed E-state index contributed by atoms with van der Waals surface area (Å²) < 4.78 is 0. The standard InChI is InChI=1S/C16H27NO/c1-3-16(12-15-9-5-4-6-10-15)17-11-7-8-14(2)13-18/h4-6,9-10,14,16-18H,3,7-8,11-13H2,1-2H3. The molecular weight excluding hydrogens is 222 g/mol. The van der Waals surface area contributed by atoms with Crippen molar-refractivity contribution >= 4 is 0 Å². The molecule has 1 aromatic carbocycles. The Morgan fingerprint density at radius 1 is 1.22 bits per heavy atom. The van der Waals surface area contributed by atoms with Crippen molar-refractivity contribution in [2.45, 2.75) is 45.6 Å². The van der Waals surface area contributed by atoms with Gasteiger partial charge in [-0.05, 0) is 43.7 Å². The van der Waals surface area contributed by atoms with Crippen LogP contribution in [0.3, 0.4) is 0 Å². The summed E-state index contributed by atoms with van der Waals surface area (Å²) in [6, 6.07) is 11.2. The molecule has 0 saturated heterocycles. The van der Waals surface area contributed by atoms with E-state index in [0.29, 0.717) is 18.6 Å². The molecule has 2 heteroatoms. The van der Waals surface area contributed by atoms with Gasteiger partial charge in [-0.25, -0.2) is 0 Å². The minimum absolute atomic E-state index is 0.307. The molecule has 2 N–H and O–H groups in total. The molecule has 1 rings (SSSR count). The van der Waals surface area contributed by atoms with Gasteiger partial charge < -0.3 is 10.4 Å². The van der Waals surface area contributed by atoms with E-state index in [2.05, 4.69) is 49.5 Å². The molecule has 0 aliphatic carbocycles. The van der Waals surface area contributed by atoms with E-state index in [0.717, 1.165) is 32.2 Å². The van der Waals surface area contributed by atoms with Crippen LogP contribution in [0.5, 0.6) is 0 Å². The lowest BCUT2D eigenvalue weighted by Gasteiger charge is -2.17. The van der Waals surface area contributed by atoms with Crippen molar-refractivity contribution in [2.75, 3.05) is 13.2 Å². The van der Waals surface area contributed by atoms with E-state index in [1.54, 1.807) is 0 Å². The molecule has 2 unspecified atom stereocenters. The van der Waals surface area contributed by atoms with Crippen molar-refractivity contribution in [3.05, 3.63) is 35.9 Å². The molecule has 0 bridgehead atoms. The fourth-order valence-corrected chi connectivity index (χ4v) is 2.11. The normalized spacial score (nSPS) is 14.4. The van der Waals surface area contributed by atoms with Gasteiger partial charge in [0.1, 0.15) is 0 Å². The Kier molecular flexibility index (Phi) is 7.70. The van der Waals surface area contributed by atoms with Crippen molar-refractivity contribution in [3.63, 3.8) is 0 Å². The summed E-state index contributed by atoms with van der Waals surface area (Å²) in [5, 5.41) is 12.6. The lowest BCUT2D eigenvalue weighted by atomic mass is 10.0. The molecule has 0 spiro atoms. The summed E-state index contributed by atoms with van der Waals surface area (Å²) in [7, 11) is 0. The molecule has 18 heavy (non-hydrogen) atoms. The second-order valence-corrected chi connectivity index (χ2v) is 5.18. The summed E-state index contributed by atoms with van der Waals surface area (Å²) in [6.45, 7) is 5.69. The van der Waals surface area contributed by atoms with E-state index in [1.165, 1.54) is 5.56 Å². The maximum absolute atomic E-state index is 8.96. The predicted molar refractivity (Wildman–Crippen MR) is 77.7 cm³/mol. The van der Waals surface area contributed by atoms with Crippen LogP contribution in [-0.4, -0.2) is 24.3 Å². The minimum Gasteiger partial charge on any atom is -0.396 e. The number of aliphatic hydroxyl groups excluding tert-OH is 1. The molecule has 0 aliphatic heterocycles. The average molecular weight is 249 g/mol. The third kappa shape index (κ3) is 6.18. The van der Waals surface area contributed by atoms with Crippen molar-refractivity contribution in [2.24, 2.45) is 5.92 Å². The van der Waals surface area contributed by atoms with Gasteiger partial charge in [0, 0.05) is 12.6 Å². The van der Waals surface area contributed by atoms with E-state index < -0.39 is 0 Å². The third-order valence-corrected chi connectivity index (χ3v) is 3.44. The smallest absolute Gasteiger partial charge is 0.0456 e. The monoisotopic (exact) mass is 249 g/mol. The van der Waals surface area contributed by atoms with Gasteiger partial charge in [-0.2, -0.15) is 0 Å². The van der Waals surface area contributed by atoms with Gasteiger partial charge in [0.05, 0.1) is 0 Å². The third-order valence-electron chi connectivity index (χ3n) is 3.44. The van der Waals surface area contributed by atoms with Crippen LogP contribution in [-0.2, 0) is 6.42 Å². The number of hydrogen-bond acceptors (Lipinski definition) is 2. The van der Waals surface area contributed by atoms with Crippen LogP contribution in [0, 0.1) is 5.92 Å². The summed E-state index contributed by atoms with van der Waals surface area (Å²) in [6.07, 6.45) is 4.51. The number of rotatable bonds is 9. The molecule has 2 nitrogen and oxygen atoms in total. The lowest BCUT2D eigenvalue weighted by Crippen LogP contribution is -2.31. The van der Waals surface area contributed by atoms with Crippen molar-refractivity contribution in [3.8, 4) is 0 Å². The minimum atomic E-state index is 0.307. The van der Waals surface area contributed by atoms with Gasteiger partial charge in [0.25, 0.3) is 0 Å². The van der Waals surface area contributed by atoms with E-state index in [-0.39, 0.29) is 0 Å². The second-order valence-electron chi connectivity index (χ2n) is 5.18. The topological polar surface area (TPSA) is 32.3 Å². The van der Waals surface area contributed by atoms with Crippen LogP contribution in [0.15, 0.2) is 30.3 Å². The largest absolute Gasteiger partial charge is 0.396 e. The Hall–Kier alpha value is -0.860. The number of aliphatic hydroxyl groups is 1. The van der Waals surface area contributed by atoms with Gasteiger partial charge in [0.15, 0.2) is 0 Å². The van der Waals surface area contributed by atoms with Crippen LogP contribution in [0.2, 0.25) is 0 Å². The van der Waals surface area contributed by atoms with Gasteiger partial charge in [-0.15, -0.1) is 0 Å². The maximum Gasteiger partial charge on any atom is 0.0456 e. The van der Waals surface area contributed by atoms with Gasteiger partial charge in [-0.1, -0.05) is 44.2 Å². The molecule has 0 amide bonds. The van der Waals surface area contributed by atoms with Gasteiger partial charge >= 0.3 is 0 Å². The van der Waals surface area contributed by atoms with Gasteiger partial charge in [-0.3, -0.25) is 0 Å². The summed E-state index contributed by atoms with van der Waals surface area (Å²) >= 11 is 0. The Bertz CT molecular complexity index is 299. The first-order valence-electron chi connectivity index (χ1n) is 7.14. The fourth-order valence-electron chi connectivity index (χ4n) is 2.11. The molecule has 2 atom stereocenters. The highest BCUT2D eigenvalue weighted by atomic mass is 16.3. The summed E-state index contributed by atoms with van der Waals surface area (Å²) in [4.78, 5) is 0. The molecule has 0 heterocycles. The highest BCUT2D eigenvalue weighted by Crippen LogP contribution is 2.07. The van der Waals surface area contributed by atoms with E-state index in [1.807, 2.05) is 0 Å². The van der Waals surface area contributed by atoms with Crippen LogP contribution < -0.4 is 5.32 Å². The fraction of sp³-hybridized carbons (Fsp3) is 0.625. The van der Waals surface area contributed by atoms with E-state index in [9.17, 15) is 0 Å². The number of hydrogen-bond donors (Lipinski definition) is 2. The SMILES string of the molecule is CCC(Cc1ccccc1)NCCCC(C)CO. The quantitative estimate of drug-likeness (QED) is 0.659. The average Bonchev–Trinajstić information content (AvgIpc) is 2.43. The van der Waals surface area contributed by atoms with Crippen molar-refractivity contribution in [1.29, 1.82) is 0 Å². The zero-order chi connectivity index (χ0) is 13.2. The van der Waals surface area contributed by atoms with Crippen molar-refractivity contribution < 1.29 is 5.11 Å². The van der Waals surface area contributed by atoms with Crippen LogP contribution >= 0.6 is 0 Å². The van der Waals surface area contributed by atoms with Crippen LogP contribution in [0.1, 0.15) is 38.7 Å². The Balaban J connectivity index is 2.22. The molecule has 0 fully saturated rings. The first kappa shape index (κ1) is 15.2. The molecule has 0 radical (unpaired) electrons. The van der Waals surface area contributed by atoms with E-state index >= 15 is 0 Å². The second kappa shape index (κ2) is 9.12. The van der Waals surface area contributed by atoms with Gasteiger partial charge in [0.2, 0.25) is 0 Å². The summed E-state index contributed by atoms with van der Waals surface area (Å²) in [5.74, 6) is 0.431. The Labute approximate surface area is 111 Å². The van der Waals surface area contributed by atoms with Crippen LogP contribution in [0.4, 0.5) is 0 Å². The number of nitrogens with one attached hydrogen (secondary N) is 1. The molecule has 0 aromatic heterocycles. The first-order valence-corrected chi connectivity index (χ1v) is 7.14. The highest BCUT2D eigenvalue weighted by Gasteiger charge is 2.06. The summed E-state index contributed by atoms with van der Waals surface area (Å²) in [5.41, 5.74) is 1.40. The van der Waals surface area contributed by atoms with Crippen LogP contribution in [0.25, 0.3) is 0 Å². The number of benzene rings is 1. The molecule has 102 valence electrons. The highest BCUT2D eigenvalue weighted by molar-refractivity contribution is 5.15. The zero-order valence-corrected chi connectivity index (χ0v) is 11.7. The molecule has 0 aliphatic rings. The Morgan fingerprint density at radius 3 is 2.56 bits per heavy atom. The maximum atomic E-state index is 8.96. The predicted octanol–water partition coefficient (Wildman–Crippen LogP) is 3.01. The molecule has 0 saturated carbocycles. The lowest BCUT2D eigenvalue weighted by molar-refractivity contribution is 0.227. The Morgan fingerprint density at radius 2 is 1.94 bits per heavy atom. The zero-order valence-electron chi connectivity index (χ0n) is 11.7. The molecular formula is C16H27NO.